The van der Waals surface area contributed by atoms with Crippen molar-refractivity contribution >= 4 is 21.8 Å². The van der Waals surface area contributed by atoms with Gasteiger partial charge in [-0.3, -0.25) is 0 Å². The van der Waals surface area contributed by atoms with Crippen molar-refractivity contribution in [2.24, 2.45) is 11.7 Å². The molecule has 1 saturated heterocycles. The molecule has 0 aliphatic carbocycles. The quantitative estimate of drug-likeness (QED) is 0.751. The van der Waals surface area contributed by atoms with Gasteiger partial charge in [0.05, 0.1) is 4.90 Å². The summed E-state index contributed by atoms with van der Waals surface area (Å²) in [4.78, 5) is 3.12. The van der Waals surface area contributed by atoms with Crippen LogP contribution in [0.4, 0.5) is 0 Å². The van der Waals surface area contributed by atoms with Crippen LogP contribution in [0.1, 0.15) is 18.5 Å². The van der Waals surface area contributed by atoms with Crippen molar-refractivity contribution in [3.63, 3.8) is 0 Å². The number of H-pyrrole nitrogens is 1. The molecule has 1 aliphatic rings. The smallest absolute Gasteiger partial charge is 0.242 e. The molecule has 7 heteroatoms. The van der Waals surface area contributed by atoms with Crippen molar-refractivity contribution in [1.82, 2.24) is 9.71 Å². The van der Waals surface area contributed by atoms with Gasteiger partial charge in [-0.1, -0.05) is 0 Å². The molecule has 0 unspecified atom stereocenters. The zero-order valence-corrected chi connectivity index (χ0v) is 11.8. The van der Waals surface area contributed by atoms with E-state index in [1.54, 1.807) is 6.07 Å². The van der Waals surface area contributed by atoms with Gasteiger partial charge in [-0.15, -0.1) is 0 Å². The molecule has 1 aromatic rings. The molecule has 0 bridgehead atoms. The molecule has 2 heterocycles. The minimum Gasteiger partial charge on any atom is -0.363 e. The van der Waals surface area contributed by atoms with Crippen molar-refractivity contribution in [2.45, 2.75) is 24.3 Å². The lowest BCUT2D eigenvalue weighted by atomic mass is 10.0. The van der Waals surface area contributed by atoms with Crippen LogP contribution in [0.5, 0.6) is 0 Å². The fraction of sp³-hybridized carbons (Fsp3) is 0.636. The second-order valence-corrected chi connectivity index (χ2v) is 7.46. The van der Waals surface area contributed by atoms with Crippen molar-refractivity contribution in [3.05, 3.63) is 18.0 Å². The predicted molar refractivity (Wildman–Crippen MR) is 73.9 cm³/mol. The summed E-state index contributed by atoms with van der Waals surface area (Å²) in [6, 6.07) is 1.58. The minimum absolute atomic E-state index is 0.271. The molecule has 102 valence electrons. The Morgan fingerprint density at radius 2 is 2.17 bits per heavy atom. The molecule has 0 saturated carbocycles. The van der Waals surface area contributed by atoms with Gasteiger partial charge >= 0.3 is 0 Å². The number of nitrogens with two attached hydrogens (primary N) is 1. The predicted octanol–water partition coefficient (Wildman–Crippen LogP) is 0.895. The first-order chi connectivity index (χ1) is 8.62. The lowest BCUT2D eigenvalue weighted by Crippen LogP contribution is -2.30. The number of hydrogen-bond acceptors (Lipinski definition) is 4. The highest BCUT2D eigenvalue weighted by molar-refractivity contribution is 7.99. The van der Waals surface area contributed by atoms with Crippen LogP contribution in [-0.2, 0) is 16.6 Å². The van der Waals surface area contributed by atoms with Gasteiger partial charge in [-0.05, 0) is 36.3 Å². The number of aromatic amines is 1. The molecule has 0 atom stereocenters. The monoisotopic (exact) mass is 289 g/mol. The molecular formula is C11H19N3O2S2. The summed E-state index contributed by atoms with van der Waals surface area (Å²) in [5, 5.41) is 0. The van der Waals surface area contributed by atoms with Crippen molar-refractivity contribution < 1.29 is 8.42 Å². The molecule has 5 nitrogen and oxygen atoms in total. The van der Waals surface area contributed by atoms with Crippen LogP contribution in [0, 0.1) is 5.92 Å². The molecule has 0 spiro atoms. The Morgan fingerprint density at radius 1 is 1.44 bits per heavy atom. The van der Waals surface area contributed by atoms with E-state index in [0.717, 1.165) is 30.0 Å². The van der Waals surface area contributed by atoms with Crippen LogP contribution >= 0.6 is 11.8 Å². The maximum absolute atomic E-state index is 12.0. The molecule has 0 aromatic carbocycles. The van der Waals surface area contributed by atoms with Gasteiger partial charge in [0.2, 0.25) is 10.0 Å². The van der Waals surface area contributed by atoms with E-state index in [1.807, 2.05) is 11.8 Å². The molecule has 2 rings (SSSR count). The number of nitrogens with one attached hydrogen (secondary N) is 2. The lowest BCUT2D eigenvalue weighted by molar-refractivity contribution is 0.476. The molecule has 18 heavy (non-hydrogen) atoms. The number of rotatable bonds is 5. The fourth-order valence-electron chi connectivity index (χ4n) is 1.95. The largest absolute Gasteiger partial charge is 0.363 e. The minimum atomic E-state index is -3.39. The van der Waals surface area contributed by atoms with Crippen molar-refractivity contribution in [3.8, 4) is 0 Å². The highest BCUT2D eigenvalue weighted by Gasteiger charge is 2.19. The first-order valence-electron chi connectivity index (χ1n) is 6.06. The summed E-state index contributed by atoms with van der Waals surface area (Å²) in [5.41, 5.74) is 6.17. The van der Waals surface area contributed by atoms with Crippen LogP contribution in [0.15, 0.2) is 17.2 Å². The summed E-state index contributed by atoms with van der Waals surface area (Å²) in [7, 11) is -3.39. The summed E-state index contributed by atoms with van der Waals surface area (Å²) in [6.45, 7) is 0.849. The SMILES string of the molecule is NCc1cc(S(=O)(=O)NCC2CCSCC2)c[nH]1. The molecule has 1 aliphatic heterocycles. The van der Waals surface area contributed by atoms with Gasteiger partial charge in [0, 0.05) is 25.0 Å². The second-order valence-electron chi connectivity index (χ2n) is 4.47. The van der Waals surface area contributed by atoms with Crippen LogP contribution in [-0.4, -0.2) is 31.5 Å². The van der Waals surface area contributed by atoms with E-state index in [2.05, 4.69) is 9.71 Å². The standard InChI is InChI=1S/C11H19N3O2S2/c12-6-10-5-11(8-13-10)18(15,16)14-7-9-1-3-17-4-2-9/h5,8-9,13-14H,1-4,6-7,12H2. The zero-order valence-electron chi connectivity index (χ0n) is 10.2. The van der Waals surface area contributed by atoms with Gasteiger partial charge in [-0.2, -0.15) is 11.8 Å². The number of thioether (sulfide) groups is 1. The highest BCUT2D eigenvalue weighted by atomic mass is 32.2. The average molecular weight is 289 g/mol. The summed E-state index contributed by atoms with van der Waals surface area (Å²) in [5.74, 6) is 2.73. The Bertz CT molecular complexity index is 478. The Labute approximate surface area is 112 Å². The molecule has 1 aromatic heterocycles. The topological polar surface area (TPSA) is 88.0 Å². The van der Waals surface area contributed by atoms with Crippen LogP contribution < -0.4 is 10.5 Å². The van der Waals surface area contributed by atoms with Crippen LogP contribution in [0.25, 0.3) is 0 Å². The van der Waals surface area contributed by atoms with Gasteiger partial charge in [0.15, 0.2) is 0 Å². The van der Waals surface area contributed by atoms with Crippen molar-refractivity contribution in [2.75, 3.05) is 18.1 Å². The third-order valence-corrected chi connectivity index (χ3v) is 5.60. The first kappa shape index (κ1) is 13.9. The maximum Gasteiger partial charge on any atom is 0.242 e. The van der Waals surface area contributed by atoms with E-state index in [9.17, 15) is 8.42 Å². The molecule has 0 amide bonds. The molecule has 0 radical (unpaired) electrons. The molecule has 4 N–H and O–H groups in total. The average Bonchev–Trinajstić information content (AvgIpc) is 2.87. The van der Waals surface area contributed by atoms with E-state index in [-0.39, 0.29) is 4.90 Å². The summed E-state index contributed by atoms with van der Waals surface area (Å²) in [6.07, 6.45) is 3.67. The molecular weight excluding hydrogens is 270 g/mol. The van der Waals surface area contributed by atoms with E-state index < -0.39 is 10.0 Å². The number of sulfonamides is 1. The van der Waals surface area contributed by atoms with E-state index in [4.69, 9.17) is 5.73 Å². The van der Waals surface area contributed by atoms with Gasteiger partial charge < -0.3 is 10.7 Å². The first-order valence-corrected chi connectivity index (χ1v) is 8.70. The van der Waals surface area contributed by atoms with Crippen molar-refractivity contribution in [1.29, 1.82) is 0 Å². The third kappa shape index (κ3) is 3.50. The van der Waals surface area contributed by atoms with Gasteiger partial charge in [0.25, 0.3) is 0 Å². The third-order valence-electron chi connectivity index (χ3n) is 3.15. The van der Waals surface area contributed by atoms with Crippen LogP contribution in [0.2, 0.25) is 0 Å². The Balaban J connectivity index is 1.94. The number of hydrogen-bond donors (Lipinski definition) is 3. The van der Waals surface area contributed by atoms with E-state index in [0.29, 0.717) is 19.0 Å². The second kappa shape index (κ2) is 6.10. The van der Waals surface area contributed by atoms with Crippen LogP contribution in [0.3, 0.4) is 0 Å². The number of aromatic nitrogens is 1. The van der Waals surface area contributed by atoms with Gasteiger partial charge in [0.1, 0.15) is 0 Å². The highest BCUT2D eigenvalue weighted by Crippen LogP contribution is 2.22. The lowest BCUT2D eigenvalue weighted by Gasteiger charge is -2.21. The Hall–Kier alpha value is -0.500. The normalized spacial score (nSPS) is 18.1. The fourth-order valence-corrected chi connectivity index (χ4v) is 4.29. The Kier molecular flexibility index (Phi) is 4.71. The van der Waals surface area contributed by atoms with E-state index in [1.165, 1.54) is 6.20 Å². The summed E-state index contributed by atoms with van der Waals surface area (Å²) >= 11 is 1.94. The maximum atomic E-state index is 12.0. The zero-order chi connectivity index (χ0) is 13.0. The summed E-state index contributed by atoms with van der Waals surface area (Å²) < 4.78 is 26.7. The molecule has 1 fully saturated rings. The Morgan fingerprint density at radius 3 is 2.78 bits per heavy atom. The van der Waals surface area contributed by atoms with Gasteiger partial charge in [-0.25, -0.2) is 13.1 Å². The van der Waals surface area contributed by atoms with E-state index >= 15 is 0 Å².